The third kappa shape index (κ3) is 3.15. The molecule has 2 rings (SSSR count). The van der Waals surface area contributed by atoms with Crippen molar-refractivity contribution in [3.63, 3.8) is 0 Å². The van der Waals surface area contributed by atoms with Crippen LogP contribution < -0.4 is 0 Å². The molecule has 0 amide bonds. The maximum atomic E-state index is 5.79. The summed E-state index contributed by atoms with van der Waals surface area (Å²) in [7, 11) is 0. The van der Waals surface area contributed by atoms with Crippen molar-refractivity contribution in [3.05, 3.63) is 21.6 Å². The lowest BCUT2D eigenvalue weighted by molar-refractivity contribution is 0.354. The van der Waals surface area contributed by atoms with E-state index in [4.69, 9.17) is 11.6 Å². The van der Waals surface area contributed by atoms with Crippen molar-refractivity contribution in [3.8, 4) is 0 Å². The van der Waals surface area contributed by atoms with E-state index in [-0.39, 0.29) is 0 Å². The minimum atomic E-state index is 0.351. The number of rotatable bonds is 2. The molecule has 0 bridgehead atoms. The van der Waals surface area contributed by atoms with Crippen molar-refractivity contribution in [2.24, 2.45) is 5.92 Å². The van der Waals surface area contributed by atoms with Gasteiger partial charge >= 0.3 is 0 Å². The van der Waals surface area contributed by atoms with Crippen LogP contribution in [0.1, 0.15) is 37.8 Å². The molecule has 1 heterocycles. The Bertz CT molecular complexity index is 337. The Hall–Kier alpha value is -0.150. The lowest BCUT2D eigenvalue weighted by Crippen LogP contribution is -2.11. The van der Waals surface area contributed by atoms with Crippen LogP contribution in [0.25, 0.3) is 0 Å². The first-order valence-corrected chi connectivity index (χ1v) is 6.59. The van der Waals surface area contributed by atoms with E-state index in [1.165, 1.54) is 32.1 Å². The first-order valence-electron chi connectivity index (χ1n) is 5.42. The van der Waals surface area contributed by atoms with Crippen molar-refractivity contribution < 1.29 is 0 Å². The van der Waals surface area contributed by atoms with E-state index in [9.17, 15) is 0 Å². The van der Waals surface area contributed by atoms with E-state index in [2.05, 4.69) is 25.9 Å². The quantitative estimate of drug-likeness (QED) is 0.769. The fourth-order valence-corrected chi connectivity index (χ4v) is 2.69. The summed E-state index contributed by atoms with van der Waals surface area (Å²) >= 11 is 9.27. The Morgan fingerprint density at radius 2 is 2.07 bits per heavy atom. The predicted molar refractivity (Wildman–Crippen MR) is 65.0 cm³/mol. The predicted octanol–water partition coefficient (Wildman–Crippen LogP) is 4.02. The summed E-state index contributed by atoms with van der Waals surface area (Å²) in [5.74, 6) is 0.779. The zero-order valence-corrected chi connectivity index (χ0v) is 10.9. The minimum Gasteiger partial charge on any atom is -0.225 e. The van der Waals surface area contributed by atoms with Crippen LogP contribution in [0.5, 0.6) is 0 Å². The molecule has 0 saturated heterocycles. The first-order chi connectivity index (χ1) is 7.25. The zero-order chi connectivity index (χ0) is 10.7. The van der Waals surface area contributed by atoms with Gasteiger partial charge in [-0.15, -0.1) is 0 Å². The molecule has 2 nitrogen and oxygen atoms in total. The highest BCUT2D eigenvalue weighted by atomic mass is 79.9. The molecular weight excluding hydrogens is 275 g/mol. The van der Waals surface area contributed by atoms with Crippen molar-refractivity contribution in [1.29, 1.82) is 0 Å². The molecule has 0 aliphatic heterocycles. The molecule has 82 valence electrons. The summed E-state index contributed by atoms with van der Waals surface area (Å²) in [6.45, 7) is 0. The highest BCUT2D eigenvalue weighted by Crippen LogP contribution is 2.28. The standard InChI is InChI=1S/C11H14BrClN2/c12-9-7-14-11(13)15-10(9)6-8-4-2-1-3-5-8/h7-8H,1-6H2. The molecule has 1 aromatic rings. The van der Waals surface area contributed by atoms with Crippen LogP contribution in [-0.4, -0.2) is 9.97 Å². The number of aromatic nitrogens is 2. The Labute approximate surface area is 104 Å². The zero-order valence-electron chi connectivity index (χ0n) is 8.55. The summed E-state index contributed by atoms with van der Waals surface area (Å²) in [5, 5.41) is 0.351. The van der Waals surface area contributed by atoms with Crippen molar-refractivity contribution in [2.75, 3.05) is 0 Å². The monoisotopic (exact) mass is 288 g/mol. The Kier molecular flexibility index (Phi) is 3.98. The second kappa shape index (κ2) is 5.26. The molecular formula is C11H14BrClN2. The average molecular weight is 290 g/mol. The number of halogens is 2. The molecule has 1 fully saturated rings. The van der Waals surface area contributed by atoms with Crippen LogP contribution in [0.4, 0.5) is 0 Å². The molecule has 0 unspecified atom stereocenters. The molecule has 0 atom stereocenters. The fraction of sp³-hybridized carbons (Fsp3) is 0.636. The second-order valence-electron chi connectivity index (χ2n) is 4.14. The van der Waals surface area contributed by atoms with Gasteiger partial charge in [0.15, 0.2) is 0 Å². The molecule has 0 spiro atoms. The van der Waals surface area contributed by atoms with E-state index in [1.54, 1.807) is 6.20 Å². The Morgan fingerprint density at radius 1 is 1.33 bits per heavy atom. The van der Waals surface area contributed by atoms with E-state index in [0.717, 1.165) is 22.5 Å². The minimum absolute atomic E-state index is 0.351. The topological polar surface area (TPSA) is 25.8 Å². The van der Waals surface area contributed by atoms with Crippen molar-refractivity contribution in [1.82, 2.24) is 9.97 Å². The number of nitrogens with zero attached hydrogens (tertiary/aromatic N) is 2. The molecule has 0 N–H and O–H groups in total. The molecule has 0 radical (unpaired) electrons. The van der Waals surface area contributed by atoms with Gasteiger partial charge in [-0.25, -0.2) is 9.97 Å². The van der Waals surface area contributed by atoms with E-state index < -0.39 is 0 Å². The van der Waals surface area contributed by atoms with Gasteiger partial charge in [-0.2, -0.15) is 0 Å². The van der Waals surface area contributed by atoms with Gasteiger partial charge in [0.25, 0.3) is 0 Å². The van der Waals surface area contributed by atoms with Crippen LogP contribution in [-0.2, 0) is 6.42 Å². The maximum Gasteiger partial charge on any atom is 0.222 e. The van der Waals surface area contributed by atoms with Gasteiger partial charge in [-0.05, 0) is 39.9 Å². The van der Waals surface area contributed by atoms with Gasteiger partial charge in [0.1, 0.15) is 0 Å². The Balaban J connectivity index is 2.05. The van der Waals surface area contributed by atoms with Crippen LogP contribution in [0.15, 0.2) is 10.7 Å². The fourth-order valence-electron chi connectivity index (χ4n) is 2.19. The molecule has 1 aliphatic rings. The smallest absolute Gasteiger partial charge is 0.222 e. The molecule has 1 aliphatic carbocycles. The van der Waals surface area contributed by atoms with Crippen LogP contribution >= 0.6 is 27.5 Å². The molecule has 15 heavy (non-hydrogen) atoms. The highest BCUT2D eigenvalue weighted by molar-refractivity contribution is 9.10. The molecule has 4 heteroatoms. The largest absolute Gasteiger partial charge is 0.225 e. The van der Waals surface area contributed by atoms with Gasteiger partial charge in [0.05, 0.1) is 10.2 Å². The number of hydrogen-bond donors (Lipinski definition) is 0. The van der Waals surface area contributed by atoms with Crippen LogP contribution in [0.2, 0.25) is 5.28 Å². The van der Waals surface area contributed by atoms with E-state index in [1.807, 2.05) is 0 Å². The third-order valence-electron chi connectivity index (χ3n) is 2.99. The lowest BCUT2D eigenvalue weighted by atomic mass is 9.86. The molecule has 0 aromatic carbocycles. The summed E-state index contributed by atoms with van der Waals surface area (Å²) in [4.78, 5) is 8.21. The van der Waals surface area contributed by atoms with Crippen LogP contribution in [0.3, 0.4) is 0 Å². The van der Waals surface area contributed by atoms with Gasteiger partial charge < -0.3 is 0 Å². The highest BCUT2D eigenvalue weighted by Gasteiger charge is 2.16. The summed E-state index contributed by atoms with van der Waals surface area (Å²) in [5.41, 5.74) is 1.06. The first kappa shape index (κ1) is 11.3. The number of hydrogen-bond acceptors (Lipinski definition) is 2. The normalized spacial score (nSPS) is 18.0. The van der Waals surface area contributed by atoms with E-state index in [0.29, 0.717) is 5.28 Å². The van der Waals surface area contributed by atoms with Crippen LogP contribution in [0, 0.1) is 5.92 Å². The van der Waals surface area contributed by atoms with Gasteiger partial charge in [-0.3, -0.25) is 0 Å². The third-order valence-corrected chi connectivity index (χ3v) is 3.84. The maximum absolute atomic E-state index is 5.79. The van der Waals surface area contributed by atoms with Crippen molar-refractivity contribution in [2.45, 2.75) is 38.5 Å². The summed E-state index contributed by atoms with van der Waals surface area (Å²) in [6.07, 6.45) is 9.54. The van der Waals surface area contributed by atoms with Gasteiger partial charge in [0.2, 0.25) is 5.28 Å². The van der Waals surface area contributed by atoms with E-state index >= 15 is 0 Å². The average Bonchev–Trinajstić information content (AvgIpc) is 2.25. The molecule has 1 saturated carbocycles. The summed E-state index contributed by atoms with van der Waals surface area (Å²) in [6, 6.07) is 0. The summed E-state index contributed by atoms with van der Waals surface area (Å²) < 4.78 is 0.984. The van der Waals surface area contributed by atoms with Crippen molar-refractivity contribution >= 4 is 27.5 Å². The van der Waals surface area contributed by atoms with Gasteiger partial charge in [-0.1, -0.05) is 32.1 Å². The lowest BCUT2D eigenvalue weighted by Gasteiger charge is -2.21. The Morgan fingerprint density at radius 3 is 2.80 bits per heavy atom. The van der Waals surface area contributed by atoms with Gasteiger partial charge in [0, 0.05) is 6.20 Å². The SMILES string of the molecule is Clc1ncc(Br)c(CC2CCCCC2)n1. The molecule has 1 aromatic heterocycles. The second-order valence-corrected chi connectivity index (χ2v) is 5.33.